The maximum absolute atomic E-state index is 13.6. The third-order valence-electron chi connectivity index (χ3n) is 6.87. The molecule has 5 rings (SSSR count). The predicted octanol–water partition coefficient (Wildman–Crippen LogP) is 4.18. The molecule has 0 saturated carbocycles. The zero-order valence-electron chi connectivity index (χ0n) is 21.1. The van der Waals surface area contributed by atoms with Crippen LogP contribution in [0.1, 0.15) is 0 Å². The highest BCUT2D eigenvalue weighted by atomic mass is 35.6. The standard InChI is InChI=1S/C29H24Cl3N2O4PS/c30-29(31,32)18-38-28(37)25-20(17-40-27-24(33-19-35)26(36)34(25)27)16-39(21-10-4-1-5-11-21,22-12-6-2-7-13-22)23-14-8-3-9-15-23/h1-15,19,24,27H,16-18H2/p+1/t24-,27+/m1/s1. The molecule has 0 aliphatic carbocycles. The topological polar surface area (TPSA) is 75.7 Å². The van der Waals surface area contributed by atoms with Crippen LogP contribution in [0.15, 0.2) is 102 Å². The molecule has 2 aliphatic heterocycles. The molecule has 3 aromatic rings. The van der Waals surface area contributed by atoms with Gasteiger partial charge in [-0.05, 0) is 36.4 Å². The van der Waals surface area contributed by atoms with Crippen molar-refractivity contribution in [1.82, 2.24) is 10.2 Å². The molecule has 6 nitrogen and oxygen atoms in total. The van der Waals surface area contributed by atoms with Crippen molar-refractivity contribution in [3.63, 3.8) is 0 Å². The number of β-lactam (4-membered cyclic amide) rings is 1. The first-order valence-corrected chi connectivity index (χ1v) is 16.6. The minimum absolute atomic E-state index is 0.152. The molecule has 206 valence electrons. The van der Waals surface area contributed by atoms with Crippen molar-refractivity contribution in [1.29, 1.82) is 0 Å². The highest BCUT2D eigenvalue weighted by Gasteiger charge is 2.56. The highest BCUT2D eigenvalue weighted by molar-refractivity contribution is 8.00. The van der Waals surface area contributed by atoms with E-state index in [1.807, 2.05) is 54.6 Å². The fourth-order valence-corrected chi connectivity index (χ4v) is 11.1. The molecule has 2 aliphatic rings. The minimum atomic E-state index is -2.39. The third-order valence-corrected chi connectivity index (χ3v) is 12.9. The molecule has 0 unspecified atom stereocenters. The van der Waals surface area contributed by atoms with E-state index in [-0.39, 0.29) is 11.6 Å². The summed E-state index contributed by atoms with van der Waals surface area (Å²) in [5.74, 6) is -0.666. The minimum Gasteiger partial charge on any atom is -0.456 e. The van der Waals surface area contributed by atoms with Gasteiger partial charge in [0.15, 0.2) is 0 Å². The van der Waals surface area contributed by atoms with Crippen LogP contribution in [0.2, 0.25) is 0 Å². The van der Waals surface area contributed by atoms with Crippen LogP contribution in [0.25, 0.3) is 0 Å². The molecule has 40 heavy (non-hydrogen) atoms. The summed E-state index contributed by atoms with van der Waals surface area (Å²) in [4.78, 5) is 39.4. The number of esters is 1. The van der Waals surface area contributed by atoms with Gasteiger partial charge in [0, 0.05) is 11.3 Å². The van der Waals surface area contributed by atoms with Crippen molar-refractivity contribution in [3.8, 4) is 0 Å². The lowest BCUT2D eigenvalue weighted by molar-refractivity contribution is -0.152. The summed E-state index contributed by atoms with van der Waals surface area (Å²) < 4.78 is 3.62. The number of alkyl halides is 3. The van der Waals surface area contributed by atoms with Crippen LogP contribution in [-0.2, 0) is 19.1 Å². The van der Waals surface area contributed by atoms with Crippen LogP contribution in [0, 0.1) is 0 Å². The Morgan fingerprint density at radius 2 is 1.45 bits per heavy atom. The van der Waals surface area contributed by atoms with Crippen molar-refractivity contribution in [3.05, 3.63) is 102 Å². The number of rotatable bonds is 9. The molecule has 2 heterocycles. The van der Waals surface area contributed by atoms with Crippen molar-refractivity contribution < 1.29 is 19.1 Å². The van der Waals surface area contributed by atoms with Crippen LogP contribution in [0.3, 0.4) is 0 Å². The van der Waals surface area contributed by atoms with E-state index in [4.69, 9.17) is 39.5 Å². The summed E-state index contributed by atoms with van der Waals surface area (Å²) in [6, 6.07) is 30.0. The summed E-state index contributed by atoms with van der Waals surface area (Å²) in [5, 5.41) is 5.53. The predicted molar refractivity (Wildman–Crippen MR) is 164 cm³/mol. The molecular weight excluding hydrogens is 610 g/mol. The molecule has 0 radical (unpaired) electrons. The van der Waals surface area contributed by atoms with Gasteiger partial charge in [-0.2, -0.15) is 0 Å². The zero-order chi connectivity index (χ0) is 28.3. The fraction of sp³-hybridized carbons (Fsp3) is 0.207. The van der Waals surface area contributed by atoms with E-state index in [0.29, 0.717) is 18.3 Å². The van der Waals surface area contributed by atoms with Gasteiger partial charge in [0.25, 0.3) is 5.91 Å². The van der Waals surface area contributed by atoms with Gasteiger partial charge >= 0.3 is 5.97 Å². The molecule has 1 N–H and O–H groups in total. The maximum atomic E-state index is 13.6. The molecule has 0 spiro atoms. The van der Waals surface area contributed by atoms with E-state index in [0.717, 1.165) is 21.5 Å². The monoisotopic (exact) mass is 633 g/mol. The number of ether oxygens (including phenoxy) is 1. The van der Waals surface area contributed by atoms with Crippen molar-refractivity contribution in [2.24, 2.45) is 0 Å². The first-order valence-electron chi connectivity index (χ1n) is 12.4. The molecule has 0 bridgehead atoms. The molecule has 1 saturated heterocycles. The Morgan fingerprint density at radius 3 is 1.90 bits per heavy atom. The van der Waals surface area contributed by atoms with E-state index >= 15 is 0 Å². The lowest BCUT2D eigenvalue weighted by Crippen LogP contribution is -2.69. The number of nitrogens with zero attached hydrogens (tertiary/aromatic N) is 1. The zero-order valence-corrected chi connectivity index (χ0v) is 25.1. The van der Waals surface area contributed by atoms with Crippen LogP contribution in [-0.4, -0.2) is 56.9 Å². The Labute approximate surface area is 252 Å². The lowest BCUT2D eigenvalue weighted by atomic mass is 10.0. The van der Waals surface area contributed by atoms with Gasteiger partial charge in [0.1, 0.15) is 46.9 Å². The van der Waals surface area contributed by atoms with E-state index in [2.05, 4.69) is 41.7 Å². The van der Waals surface area contributed by atoms with Crippen LogP contribution < -0.4 is 21.2 Å². The van der Waals surface area contributed by atoms with E-state index in [1.165, 1.54) is 16.7 Å². The Bertz CT molecular complexity index is 1320. The summed E-state index contributed by atoms with van der Waals surface area (Å²) >= 11 is 19.1. The van der Waals surface area contributed by atoms with Crippen molar-refractivity contribution in [2.45, 2.75) is 15.2 Å². The number of carbonyl (C=O) groups is 3. The van der Waals surface area contributed by atoms with Crippen molar-refractivity contribution >= 4 is 88.0 Å². The molecule has 11 heteroatoms. The van der Waals surface area contributed by atoms with E-state index in [9.17, 15) is 14.4 Å². The quantitative estimate of drug-likeness (QED) is 0.126. The number of carbonyl (C=O) groups excluding carboxylic acids is 3. The molecule has 2 atom stereocenters. The molecular formula is C29H25Cl3N2O4PS+. The summed E-state index contributed by atoms with van der Waals surface area (Å²) in [6.07, 6.45) is 0.982. The Morgan fingerprint density at radius 1 is 0.950 bits per heavy atom. The summed E-state index contributed by atoms with van der Waals surface area (Å²) in [7, 11) is -2.39. The smallest absolute Gasteiger partial charge is 0.355 e. The van der Waals surface area contributed by atoms with Crippen LogP contribution in [0.4, 0.5) is 0 Å². The Hall–Kier alpha value is -2.54. The lowest BCUT2D eigenvalue weighted by Gasteiger charge is -2.49. The second kappa shape index (κ2) is 12.1. The number of thioether (sulfide) groups is 1. The van der Waals surface area contributed by atoms with E-state index < -0.39 is 35.0 Å². The van der Waals surface area contributed by atoms with Gasteiger partial charge in [-0.25, -0.2) is 4.79 Å². The van der Waals surface area contributed by atoms with Gasteiger partial charge in [-0.1, -0.05) is 89.4 Å². The van der Waals surface area contributed by atoms with Gasteiger partial charge in [-0.3, -0.25) is 14.5 Å². The molecule has 2 amide bonds. The van der Waals surface area contributed by atoms with Crippen LogP contribution in [0.5, 0.6) is 0 Å². The second-order valence-electron chi connectivity index (χ2n) is 9.29. The third kappa shape index (κ3) is 5.63. The van der Waals surface area contributed by atoms with Gasteiger partial charge in [-0.15, -0.1) is 11.8 Å². The molecule has 0 aromatic heterocycles. The molecule has 1 fully saturated rings. The van der Waals surface area contributed by atoms with Crippen molar-refractivity contribution in [2.75, 3.05) is 18.5 Å². The number of hydrogen-bond donors (Lipinski definition) is 1. The SMILES string of the molecule is O=CN[C@@H]1C(=O)N2C(C(=O)OCC(Cl)(Cl)Cl)=C(C[P+](c3ccccc3)(c3ccccc3)c3ccccc3)CS[C@@H]12. The number of hydrogen-bond acceptors (Lipinski definition) is 5. The Kier molecular flexibility index (Phi) is 8.79. The summed E-state index contributed by atoms with van der Waals surface area (Å²) in [5.41, 5.74) is 0.914. The maximum Gasteiger partial charge on any atom is 0.355 e. The summed E-state index contributed by atoms with van der Waals surface area (Å²) in [6.45, 7) is -0.473. The first kappa shape index (κ1) is 29.0. The normalized spacial score (nSPS) is 19.0. The average molecular weight is 635 g/mol. The number of fused-ring (bicyclic) bond motifs is 1. The molecule has 3 aromatic carbocycles. The highest BCUT2D eigenvalue weighted by Crippen LogP contribution is 2.58. The Balaban J connectivity index is 1.69. The number of halogens is 3. The second-order valence-corrected chi connectivity index (χ2v) is 16.4. The average Bonchev–Trinajstić information content (AvgIpc) is 2.98. The number of nitrogens with one attached hydrogen (secondary N) is 1. The number of benzene rings is 3. The van der Waals surface area contributed by atoms with Gasteiger partial charge in [0.2, 0.25) is 10.2 Å². The van der Waals surface area contributed by atoms with Crippen LogP contribution >= 0.6 is 53.8 Å². The first-order chi connectivity index (χ1) is 19.3. The van der Waals surface area contributed by atoms with Gasteiger partial charge < -0.3 is 10.1 Å². The fourth-order valence-electron chi connectivity index (χ4n) is 5.16. The van der Waals surface area contributed by atoms with E-state index in [1.54, 1.807) is 0 Å². The largest absolute Gasteiger partial charge is 0.456 e. The van der Waals surface area contributed by atoms with Gasteiger partial charge in [0.05, 0.1) is 6.16 Å². The number of amides is 2.